The molecule has 5 nitrogen and oxygen atoms in total. The summed E-state index contributed by atoms with van der Waals surface area (Å²) in [5.74, 6) is -0.793. The minimum atomic E-state index is -0.793. The standard InChI is InChI=1S/C12H13N3O2/c13-7-10-6-9(2-5-14-10)8-15-12(11(16)17)3-1-4-12/h2,5-6,15H,1,3-4,8H2,(H,16,17). The zero-order valence-corrected chi connectivity index (χ0v) is 9.31. The summed E-state index contributed by atoms with van der Waals surface area (Å²) in [6.45, 7) is 0.448. The molecule has 0 spiro atoms. The molecule has 0 bridgehead atoms. The van der Waals surface area contributed by atoms with Crippen molar-refractivity contribution < 1.29 is 9.90 Å². The number of pyridine rings is 1. The van der Waals surface area contributed by atoms with Crippen molar-refractivity contribution in [1.29, 1.82) is 5.26 Å². The zero-order valence-electron chi connectivity index (χ0n) is 9.31. The quantitative estimate of drug-likeness (QED) is 0.808. The highest BCUT2D eigenvalue weighted by Gasteiger charge is 2.43. The molecule has 0 radical (unpaired) electrons. The van der Waals surface area contributed by atoms with E-state index in [2.05, 4.69) is 10.3 Å². The molecule has 0 aromatic carbocycles. The summed E-state index contributed by atoms with van der Waals surface area (Å²) in [6, 6.07) is 5.41. The number of carboxylic acid groups (broad SMARTS) is 1. The van der Waals surface area contributed by atoms with Gasteiger partial charge in [0.25, 0.3) is 0 Å². The Hall–Kier alpha value is -1.93. The van der Waals surface area contributed by atoms with E-state index in [9.17, 15) is 4.79 Å². The Morgan fingerprint density at radius 3 is 2.94 bits per heavy atom. The number of hydrogen-bond acceptors (Lipinski definition) is 4. The highest BCUT2D eigenvalue weighted by molar-refractivity contribution is 5.79. The fourth-order valence-electron chi connectivity index (χ4n) is 1.91. The Morgan fingerprint density at radius 2 is 2.41 bits per heavy atom. The minimum Gasteiger partial charge on any atom is -0.480 e. The first kappa shape index (κ1) is 11.6. The number of hydrogen-bond donors (Lipinski definition) is 2. The SMILES string of the molecule is N#Cc1cc(CNC2(C(=O)O)CCC2)ccn1. The average molecular weight is 231 g/mol. The van der Waals surface area contributed by atoms with Gasteiger partial charge in [-0.25, -0.2) is 4.98 Å². The van der Waals surface area contributed by atoms with Gasteiger partial charge in [0, 0.05) is 12.7 Å². The van der Waals surface area contributed by atoms with Crippen LogP contribution >= 0.6 is 0 Å². The second-order valence-corrected chi connectivity index (χ2v) is 4.26. The molecule has 2 N–H and O–H groups in total. The van der Waals surface area contributed by atoms with Gasteiger partial charge >= 0.3 is 5.97 Å². The topological polar surface area (TPSA) is 86.0 Å². The highest BCUT2D eigenvalue weighted by atomic mass is 16.4. The fraction of sp³-hybridized carbons (Fsp3) is 0.417. The van der Waals surface area contributed by atoms with Crippen molar-refractivity contribution in [2.75, 3.05) is 0 Å². The largest absolute Gasteiger partial charge is 0.480 e. The van der Waals surface area contributed by atoms with Crippen LogP contribution in [-0.2, 0) is 11.3 Å². The first-order chi connectivity index (χ1) is 8.16. The Morgan fingerprint density at radius 1 is 1.65 bits per heavy atom. The van der Waals surface area contributed by atoms with Crippen molar-refractivity contribution in [3.63, 3.8) is 0 Å². The number of nitrogens with one attached hydrogen (secondary N) is 1. The zero-order chi connectivity index (χ0) is 12.3. The normalized spacial score (nSPS) is 16.9. The lowest BCUT2D eigenvalue weighted by atomic mass is 9.76. The number of nitrogens with zero attached hydrogens (tertiary/aromatic N) is 2. The first-order valence-electron chi connectivity index (χ1n) is 5.50. The third kappa shape index (κ3) is 2.27. The van der Waals surface area contributed by atoms with E-state index in [1.54, 1.807) is 18.3 Å². The van der Waals surface area contributed by atoms with Crippen molar-refractivity contribution >= 4 is 5.97 Å². The van der Waals surface area contributed by atoms with Crippen LogP contribution in [0.5, 0.6) is 0 Å². The maximum absolute atomic E-state index is 11.1. The first-order valence-corrected chi connectivity index (χ1v) is 5.50. The molecule has 0 saturated heterocycles. The molecule has 2 rings (SSSR count). The van der Waals surface area contributed by atoms with Crippen LogP contribution in [0.15, 0.2) is 18.3 Å². The summed E-state index contributed by atoms with van der Waals surface area (Å²) in [7, 11) is 0. The monoisotopic (exact) mass is 231 g/mol. The van der Waals surface area contributed by atoms with Crippen LogP contribution in [0.3, 0.4) is 0 Å². The molecular weight excluding hydrogens is 218 g/mol. The molecule has 0 amide bonds. The number of rotatable bonds is 4. The van der Waals surface area contributed by atoms with Gasteiger partial charge in [0.05, 0.1) is 0 Å². The second-order valence-electron chi connectivity index (χ2n) is 4.26. The van der Waals surface area contributed by atoms with Crippen LogP contribution in [-0.4, -0.2) is 21.6 Å². The predicted octanol–water partition coefficient (Wildman–Crippen LogP) is 1.05. The van der Waals surface area contributed by atoms with E-state index in [1.165, 1.54) is 0 Å². The molecule has 1 fully saturated rings. The third-order valence-electron chi connectivity index (χ3n) is 3.19. The summed E-state index contributed by atoms with van der Waals surface area (Å²) >= 11 is 0. The number of aliphatic carboxylic acids is 1. The van der Waals surface area contributed by atoms with Crippen LogP contribution in [0.2, 0.25) is 0 Å². The second kappa shape index (κ2) is 4.52. The van der Waals surface area contributed by atoms with Crippen LogP contribution in [0.1, 0.15) is 30.5 Å². The van der Waals surface area contributed by atoms with Crippen LogP contribution in [0.4, 0.5) is 0 Å². The van der Waals surface area contributed by atoms with Crippen molar-refractivity contribution in [3.05, 3.63) is 29.6 Å². The highest BCUT2D eigenvalue weighted by Crippen LogP contribution is 2.32. The van der Waals surface area contributed by atoms with Gasteiger partial charge in [0.1, 0.15) is 17.3 Å². The fourth-order valence-corrected chi connectivity index (χ4v) is 1.91. The molecule has 1 aromatic rings. The Labute approximate surface area is 99.1 Å². The van der Waals surface area contributed by atoms with Crippen molar-refractivity contribution in [3.8, 4) is 6.07 Å². The Bertz CT molecular complexity index is 475. The van der Waals surface area contributed by atoms with Gasteiger partial charge in [0.2, 0.25) is 0 Å². The van der Waals surface area contributed by atoms with E-state index in [-0.39, 0.29) is 0 Å². The molecule has 1 aliphatic rings. The molecule has 1 heterocycles. The molecule has 0 unspecified atom stereocenters. The number of aromatic nitrogens is 1. The van der Waals surface area contributed by atoms with Crippen LogP contribution in [0.25, 0.3) is 0 Å². The maximum Gasteiger partial charge on any atom is 0.323 e. The van der Waals surface area contributed by atoms with Crippen LogP contribution < -0.4 is 5.32 Å². The molecule has 1 saturated carbocycles. The van der Waals surface area contributed by atoms with Crippen molar-refractivity contribution in [2.45, 2.75) is 31.3 Å². The number of carbonyl (C=O) groups is 1. The molecule has 88 valence electrons. The van der Waals surface area contributed by atoms with E-state index in [0.29, 0.717) is 25.1 Å². The lowest BCUT2D eigenvalue weighted by Gasteiger charge is -2.38. The molecule has 1 aromatic heterocycles. The minimum absolute atomic E-state index is 0.349. The van der Waals surface area contributed by atoms with E-state index in [0.717, 1.165) is 12.0 Å². The molecule has 1 aliphatic carbocycles. The smallest absolute Gasteiger partial charge is 0.323 e. The third-order valence-corrected chi connectivity index (χ3v) is 3.19. The lowest BCUT2D eigenvalue weighted by Crippen LogP contribution is -2.56. The Balaban J connectivity index is 2.02. The van der Waals surface area contributed by atoms with E-state index in [1.807, 2.05) is 6.07 Å². The van der Waals surface area contributed by atoms with Crippen molar-refractivity contribution in [1.82, 2.24) is 10.3 Å². The van der Waals surface area contributed by atoms with Gasteiger partial charge in [-0.05, 0) is 37.0 Å². The van der Waals surface area contributed by atoms with Gasteiger partial charge in [-0.2, -0.15) is 5.26 Å². The van der Waals surface area contributed by atoms with E-state index in [4.69, 9.17) is 10.4 Å². The van der Waals surface area contributed by atoms with E-state index >= 15 is 0 Å². The summed E-state index contributed by atoms with van der Waals surface area (Å²) in [5.41, 5.74) is 0.460. The van der Waals surface area contributed by atoms with Gasteiger partial charge in [-0.3, -0.25) is 10.1 Å². The summed E-state index contributed by atoms with van der Waals surface area (Å²) in [6.07, 6.45) is 3.83. The molecule has 5 heteroatoms. The summed E-state index contributed by atoms with van der Waals surface area (Å²) in [5, 5.41) is 20.9. The molecule has 0 aliphatic heterocycles. The maximum atomic E-state index is 11.1. The number of nitriles is 1. The van der Waals surface area contributed by atoms with Crippen LogP contribution in [0, 0.1) is 11.3 Å². The molecule has 17 heavy (non-hydrogen) atoms. The molecular formula is C12H13N3O2. The van der Waals surface area contributed by atoms with Gasteiger partial charge in [-0.15, -0.1) is 0 Å². The summed E-state index contributed by atoms with van der Waals surface area (Å²) in [4.78, 5) is 15.0. The van der Waals surface area contributed by atoms with E-state index < -0.39 is 11.5 Å². The average Bonchev–Trinajstić information content (AvgIpc) is 2.27. The number of carboxylic acids is 1. The van der Waals surface area contributed by atoms with Crippen molar-refractivity contribution in [2.24, 2.45) is 0 Å². The molecule has 0 atom stereocenters. The van der Waals surface area contributed by atoms with Gasteiger partial charge in [0.15, 0.2) is 0 Å². The lowest BCUT2D eigenvalue weighted by molar-refractivity contribution is -0.148. The summed E-state index contributed by atoms with van der Waals surface area (Å²) < 4.78 is 0. The Kier molecular flexibility index (Phi) is 3.07. The predicted molar refractivity (Wildman–Crippen MR) is 60.0 cm³/mol. The van der Waals surface area contributed by atoms with Gasteiger partial charge < -0.3 is 5.11 Å². The van der Waals surface area contributed by atoms with Gasteiger partial charge in [-0.1, -0.05) is 0 Å².